The van der Waals surface area contributed by atoms with Gasteiger partial charge in [-0.1, -0.05) is 40.2 Å². The van der Waals surface area contributed by atoms with E-state index in [2.05, 4.69) is 48.6 Å². The highest BCUT2D eigenvalue weighted by molar-refractivity contribution is 5.73. The summed E-state index contributed by atoms with van der Waals surface area (Å²) in [5.41, 5.74) is 0. The molecule has 0 aliphatic carbocycles. The summed E-state index contributed by atoms with van der Waals surface area (Å²) in [7, 11) is 0. The van der Waals surface area contributed by atoms with Gasteiger partial charge < -0.3 is 41.4 Å². The number of carbonyl (C=O) groups is 4. The third kappa shape index (κ3) is 6.47. The van der Waals surface area contributed by atoms with Crippen molar-refractivity contribution in [1.29, 1.82) is 0 Å². The maximum absolute atomic E-state index is 12.9. The van der Waals surface area contributed by atoms with E-state index in [0.717, 1.165) is 25.5 Å². The maximum atomic E-state index is 12.9. The third-order valence-electron chi connectivity index (χ3n) is 12.9. The Morgan fingerprint density at radius 3 is 1.89 bits per heavy atom. The monoisotopic (exact) mass is 630 g/mol. The predicted molar refractivity (Wildman–Crippen MR) is 168 cm³/mol. The molecule has 5 aliphatic heterocycles. The van der Waals surface area contributed by atoms with Gasteiger partial charge in [0.1, 0.15) is 6.29 Å². The lowest BCUT2D eigenvalue weighted by Gasteiger charge is -2.35. The van der Waals surface area contributed by atoms with Crippen LogP contribution in [-0.4, -0.2) is 87.8 Å². The van der Waals surface area contributed by atoms with Gasteiger partial charge in [-0.25, -0.2) is 0 Å². The number of carbonyl (C=O) groups excluding carboxylic acids is 1. The molecule has 5 rings (SSSR count). The molecular weight excluding hydrogens is 576 g/mol. The number of carboxylic acid groups (broad SMARTS) is 3. The van der Waals surface area contributed by atoms with Crippen molar-refractivity contribution in [3.8, 4) is 0 Å². The van der Waals surface area contributed by atoms with Gasteiger partial charge >= 0.3 is 17.9 Å². The first-order valence-corrected chi connectivity index (χ1v) is 17.2. The Hall–Kier alpha value is -2.34. The molecular formula is C34H54N4O7. The normalized spacial score (nSPS) is 47.8. The Morgan fingerprint density at radius 1 is 0.711 bits per heavy atom. The van der Waals surface area contributed by atoms with Crippen LogP contribution in [-0.2, 0) is 19.2 Å². The van der Waals surface area contributed by atoms with Crippen molar-refractivity contribution in [1.82, 2.24) is 21.3 Å². The molecule has 0 saturated carbocycles. The van der Waals surface area contributed by atoms with Crippen molar-refractivity contribution in [2.45, 2.75) is 121 Å². The van der Waals surface area contributed by atoms with Crippen LogP contribution in [0.1, 0.15) is 72.6 Å². The molecule has 5 heterocycles. The number of hydrogen-bond donors (Lipinski definition) is 7. The number of hydrogen-bond acceptors (Lipinski definition) is 8. The zero-order valence-electron chi connectivity index (χ0n) is 27.1. The second kappa shape index (κ2) is 13.8. The molecule has 0 aromatic heterocycles. The van der Waals surface area contributed by atoms with Gasteiger partial charge in [-0.05, 0) is 61.2 Å². The van der Waals surface area contributed by atoms with Gasteiger partial charge in [0.05, 0.1) is 12.3 Å². The fraction of sp³-hybridized carbons (Fsp3) is 0.824. The second-order valence-electron chi connectivity index (χ2n) is 15.0. The Kier molecular flexibility index (Phi) is 10.4. The summed E-state index contributed by atoms with van der Waals surface area (Å²) in [5, 5.41) is 45.5. The van der Waals surface area contributed by atoms with E-state index < -0.39 is 35.8 Å². The molecule has 15 unspecified atom stereocenters. The van der Waals surface area contributed by atoms with Crippen LogP contribution < -0.4 is 21.3 Å². The lowest BCUT2D eigenvalue weighted by molar-refractivity contribution is -0.145. The highest BCUT2D eigenvalue weighted by atomic mass is 16.4. The van der Waals surface area contributed by atoms with E-state index in [9.17, 15) is 34.5 Å². The van der Waals surface area contributed by atoms with Crippen LogP contribution in [0.2, 0.25) is 0 Å². The minimum Gasteiger partial charge on any atom is -0.481 e. The van der Waals surface area contributed by atoms with Gasteiger partial charge in [-0.2, -0.15) is 0 Å². The highest BCUT2D eigenvalue weighted by Crippen LogP contribution is 2.46. The molecule has 5 fully saturated rings. The van der Waals surface area contributed by atoms with E-state index >= 15 is 0 Å². The lowest BCUT2D eigenvalue weighted by atomic mass is 9.72. The molecule has 45 heavy (non-hydrogen) atoms. The van der Waals surface area contributed by atoms with Crippen LogP contribution in [0.3, 0.4) is 0 Å². The fourth-order valence-corrected chi connectivity index (χ4v) is 10.6. The summed E-state index contributed by atoms with van der Waals surface area (Å²) in [6.07, 6.45) is 6.34. The standard InChI is InChI=1S/C34H54N4O7/c1-6-18-15(3)23-11-24-16(4)20(8-9-29(40)41)32(37-24)21(10-30(42)43)33-31(34(44)45)17(5)25(38-33)12-27-19(7-2)22(14-39)28(36-27)13-26(18)35-23/h6,14-28,31-33,35-38H,1,7-13H2,2-5H3,(H,40,41)(H,42,43)(H,44,45)/t15?,16-,17?,18?,19?,20-,21?,22?,23?,24?,25?,26?,27?,28?,31?,32?,33?/m0/s1. The Balaban J connectivity index is 1.58. The molecule has 0 aromatic rings. The van der Waals surface area contributed by atoms with Crippen molar-refractivity contribution < 1.29 is 34.5 Å². The SMILES string of the molecule is C=CC1C2CC3NC(CC4NC(C(CC(=O)O)C5NC(CC(N2)C1C)[C@@H](C)[C@@H]5CCC(=O)O)C(C(=O)O)C4C)C(CC)C3C=O. The molecule has 0 radical (unpaired) electrons. The molecule has 0 spiro atoms. The number of carboxylic acids is 3. The minimum atomic E-state index is -0.991. The molecule has 11 nitrogen and oxygen atoms in total. The van der Waals surface area contributed by atoms with Gasteiger partial charge in [0.2, 0.25) is 0 Å². The number of nitrogens with one attached hydrogen (secondary N) is 4. The smallest absolute Gasteiger partial charge is 0.308 e. The first kappa shape index (κ1) is 34.0. The Labute approximate surface area is 266 Å². The van der Waals surface area contributed by atoms with E-state index in [1.807, 2.05) is 13.0 Å². The van der Waals surface area contributed by atoms with E-state index in [-0.39, 0.29) is 96.6 Å². The molecule has 0 aromatic carbocycles. The van der Waals surface area contributed by atoms with Crippen LogP contribution in [0.25, 0.3) is 0 Å². The largest absolute Gasteiger partial charge is 0.481 e. The van der Waals surface area contributed by atoms with Crippen LogP contribution in [0.15, 0.2) is 12.7 Å². The van der Waals surface area contributed by atoms with E-state index in [1.165, 1.54) is 0 Å². The quantitative estimate of drug-likeness (QED) is 0.147. The van der Waals surface area contributed by atoms with Gasteiger partial charge in [-0.3, -0.25) is 14.4 Å². The zero-order valence-corrected chi connectivity index (χ0v) is 27.1. The van der Waals surface area contributed by atoms with E-state index in [4.69, 9.17) is 0 Å². The summed E-state index contributed by atoms with van der Waals surface area (Å²) in [4.78, 5) is 49.6. The van der Waals surface area contributed by atoms with Gasteiger partial charge in [0.15, 0.2) is 0 Å². The van der Waals surface area contributed by atoms with E-state index in [1.54, 1.807) is 0 Å². The topological polar surface area (TPSA) is 177 Å². The number of aldehydes is 1. The summed E-state index contributed by atoms with van der Waals surface area (Å²) in [6.45, 7) is 12.6. The summed E-state index contributed by atoms with van der Waals surface area (Å²) in [6, 6.07) is -0.822. The van der Waals surface area contributed by atoms with Gasteiger partial charge in [-0.15, -0.1) is 6.58 Å². The zero-order chi connectivity index (χ0) is 32.7. The lowest BCUT2D eigenvalue weighted by Crippen LogP contribution is -2.52. The predicted octanol–water partition coefficient (Wildman–Crippen LogP) is 2.36. The number of fused-ring (bicyclic) bond motifs is 8. The van der Waals surface area contributed by atoms with Crippen molar-refractivity contribution in [2.24, 2.45) is 53.3 Å². The number of aliphatic carboxylic acids is 3. The van der Waals surface area contributed by atoms with Gasteiger partial charge in [0.25, 0.3) is 0 Å². The fourth-order valence-electron chi connectivity index (χ4n) is 10.6. The van der Waals surface area contributed by atoms with Crippen molar-refractivity contribution in [2.75, 3.05) is 0 Å². The Morgan fingerprint density at radius 2 is 1.29 bits per heavy atom. The molecule has 7 N–H and O–H groups in total. The van der Waals surface area contributed by atoms with Crippen LogP contribution >= 0.6 is 0 Å². The van der Waals surface area contributed by atoms with Crippen molar-refractivity contribution in [3.05, 3.63) is 12.7 Å². The van der Waals surface area contributed by atoms with Gasteiger partial charge in [0, 0.05) is 66.6 Å². The summed E-state index contributed by atoms with van der Waals surface area (Å²) in [5.74, 6) is -4.00. The van der Waals surface area contributed by atoms with Crippen LogP contribution in [0.5, 0.6) is 0 Å². The molecule has 17 atom stereocenters. The van der Waals surface area contributed by atoms with Crippen LogP contribution in [0.4, 0.5) is 0 Å². The maximum Gasteiger partial charge on any atom is 0.308 e. The molecule has 11 heteroatoms. The highest BCUT2D eigenvalue weighted by Gasteiger charge is 2.56. The molecule has 0 amide bonds. The molecule has 5 aliphatic rings. The second-order valence-corrected chi connectivity index (χ2v) is 15.0. The average molecular weight is 631 g/mol. The molecule has 252 valence electrons. The summed E-state index contributed by atoms with van der Waals surface area (Å²) >= 11 is 0. The molecule has 8 bridgehead atoms. The van der Waals surface area contributed by atoms with Crippen LogP contribution in [0, 0.1) is 53.3 Å². The Bertz CT molecular complexity index is 1140. The first-order valence-electron chi connectivity index (χ1n) is 17.2. The minimum absolute atomic E-state index is 0.00115. The number of rotatable bonds is 9. The average Bonchev–Trinajstić information content (AvgIpc) is 3.67. The summed E-state index contributed by atoms with van der Waals surface area (Å²) < 4.78 is 0. The van der Waals surface area contributed by atoms with Crippen molar-refractivity contribution in [3.63, 3.8) is 0 Å². The molecule has 5 saturated heterocycles. The third-order valence-corrected chi connectivity index (χ3v) is 12.9. The first-order chi connectivity index (χ1) is 21.4. The van der Waals surface area contributed by atoms with E-state index in [0.29, 0.717) is 12.8 Å². The van der Waals surface area contributed by atoms with Crippen molar-refractivity contribution >= 4 is 24.2 Å².